The van der Waals surface area contributed by atoms with E-state index in [0.29, 0.717) is 32.7 Å². The summed E-state index contributed by atoms with van der Waals surface area (Å²) in [5, 5.41) is 12.8. The zero-order valence-corrected chi connectivity index (χ0v) is 22.0. The molecule has 190 valence electrons. The van der Waals surface area contributed by atoms with Crippen LogP contribution in [0.15, 0.2) is 72.6 Å². The molecular weight excluding hydrogens is 468 g/mol. The fraction of sp³-hybridized carbons (Fsp3) is 0.367. The minimum atomic E-state index is -0.561. The third-order valence-corrected chi connectivity index (χ3v) is 7.67. The quantitative estimate of drug-likeness (QED) is 0.375. The van der Waals surface area contributed by atoms with E-state index in [2.05, 4.69) is 44.0 Å². The maximum absolute atomic E-state index is 13.6. The Kier molecular flexibility index (Phi) is 8.97. The van der Waals surface area contributed by atoms with Crippen molar-refractivity contribution in [2.24, 2.45) is 0 Å². The number of rotatable bonds is 11. The Morgan fingerprint density at radius 3 is 2.81 bits per heavy atom. The summed E-state index contributed by atoms with van der Waals surface area (Å²) in [5.41, 5.74) is 4.56. The van der Waals surface area contributed by atoms with Crippen LogP contribution in [0.5, 0.6) is 5.75 Å². The molecule has 6 heteroatoms. The average molecular weight is 505 g/mol. The smallest absolute Gasteiger partial charge is 0.237 e. The van der Waals surface area contributed by atoms with E-state index in [1.165, 1.54) is 16.0 Å². The Balaban J connectivity index is 1.44. The van der Waals surface area contributed by atoms with Crippen LogP contribution in [-0.2, 0) is 17.6 Å². The lowest BCUT2D eigenvalue weighted by atomic mass is 10.00. The summed E-state index contributed by atoms with van der Waals surface area (Å²) in [4.78, 5) is 18.9. The lowest BCUT2D eigenvalue weighted by Gasteiger charge is -2.37. The first-order valence-electron chi connectivity index (χ1n) is 12.6. The van der Waals surface area contributed by atoms with Gasteiger partial charge < -0.3 is 14.7 Å². The van der Waals surface area contributed by atoms with E-state index < -0.39 is 6.10 Å². The van der Waals surface area contributed by atoms with Crippen molar-refractivity contribution in [1.82, 2.24) is 9.80 Å². The minimum absolute atomic E-state index is 0.0508. The van der Waals surface area contributed by atoms with Gasteiger partial charge in [0.15, 0.2) is 0 Å². The average Bonchev–Trinajstić information content (AvgIpc) is 3.33. The van der Waals surface area contributed by atoms with Crippen molar-refractivity contribution in [3.05, 3.63) is 99.8 Å². The van der Waals surface area contributed by atoms with Gasteiger partial charge in [-0.05, 0) is 60.9 Å². The van der Waals surface area contributed by atoms with Gasteiger partial charge >= 0.3 is 0 Å². The highest BCUT2D eigenvalue weighted by molar-refractivity contribution is 7.10. The predicted octanol–water partition coefficient (Wildman–Crippen LogP) is 4.96. The summed E-state index contributed by atoms with van der Waals surface area (Å²) in [7, 11) is 0. The monoisotopic (exact) mass is 504 g/mol. The molecule has 0 saturated heterocycles. The molecule has 2 heterocycles. The van der Waals surface area contributed by atoms with Crippen LogP contribution in [0.25, 0.3) is 0 Å². The highest BCUT2D eigenvalue weighted by Crippen LogP contribution is 2.34. The molecule has 3 aromatic rings. The third kappa shape index (κ3) is 6.64. The molecule has 0 aliphatic carbocycles. The molecular formula is C30H36N2O3S. The van der Waals surface area contributed by atoms with Crippen LogP contribution in [0.1, 0.15) is 33.2 Å². The number of aliphatic hydroxyl groups excluding tert-OH is 1. The summed E-state index contributed by atoms with van der Waals surface area (Å²) >= 11 is 1.75. The largest absolute Gasteiger partial charge is 0.491 e. The topological polar surface area (TPSA) is 53.0 Å². The Hall–Kier alpha value is -2.93. The Labute approximate surface area is 218 Å². The number of aryl methyl sites for hydroxylation is 2. The molecule has 0 unspecified atom stereocenters. The summed E-state index contributed by atoms with van der Waals surface area (Å²) in [6.45, 7) is 10.2. The van der Waals surface area contributed by atoms with Crippen LogP contribution in [-0.4, -0.2) is 59.7 Å². The van der Waals surface area contributed by atoms with Gasteiger partial charge in [-0.25, -0.2) is 0 Å². The van der Waals surface area contributed by atoms with Crippen molar-refractivity contribution in [2.45, 2.75) is 38.8 Å². The number of fused-ring (bicyclic) bond motifs is 1. The van der Waals surface area contributed by atoms with Gasteiger partial charge in [-0.2, -0.15) is 0 Å². The Morgan fingerprint density at radius 1 is 1.25 bits per heavy atom. The maximum atomic E-state index is 13.6. The van der Waals surface area contributed by atoms with E-state index in [4.69, 9.17) is 4.74 Å². The molecule has 1 aliphatic heterocycles. The first kappa shape index (κ1) is 26.1. The van der Waals surface area contributed by atoms with E-state index in [9.17, 15) is 9.90 Å². The summed E-state index contributed by atoms with van der Waals surface area (Å²) in [6.07, 6.45) is 2.64. The second-order valence-electron chi connectivity index (χ2n) is 9.56. The number of hydrogen-bond donors (Lipinski definition) is 1. The summed E-state index contributed by atoms with van der Waals surface area (Å²) in [6, 6.07) is 18.1. The number of nitrogens with zero attached hydrogens (tertiary/aromatic N) is 2. The van der Waals surface area contributed by atoms with Crippen molar-refractivity contribution in [1.29, 1.82) is 0 Å². The first-order valence-corrected chi connectivity index (χ1v) is 13.4. The standard InChI is InChI=1S/C30H36N2O3S/c1-4-14-31(19-25(33)18-24-8-6-5-7-9-24)20-30(34)32-15-12-29-26(13-16-36-29)27(32)21-35-28-11-10-22(2)17-23(28)3/h4-11,13,16-17,25,27,33H,1,12,14-15,18-21H2,2-3H3/t25-,27+/m1/s1. The molecule has 0 radical (unpaired) electrons. The normalized spacial score (nSPS) is 16.0. The van der Waals surface area contributed by atoms with Crippen LogP contribution in [0.2, 0.25) is 0 Å². The fourth-order valence-electron chi connectivity index (χ4n) is 4.92. The molecule has 1 N–H and O–H groups in total. The number of ether oxygens (including phenoxy) is 1. The van der Waals surface area contributed by atoms with Crippen molar-refractivity contribution in [3.63, 3.8) is 0 Å². The van der Waals surface area contributed by atoms with Crippen LogP contribution >= 0.6 is 11.3 Å². The summed E-state index contributed by atoms with van der Waals surface area (Å²) in [5.74, 6) is 0.905. The van der Waals surface area contributed by atoms with Crippen LogP contribution in [0, 0.1) is 13.8 Å². The third-order valence-electron chi connectivity index (χ3n) is 6.67. The second kappa shape index (κ2) is 12.3. The molecule has 1 aliphatic rings. The van der Waals surface area contributed by atoms with Gasteiger partial charge in [-0.1, -0.05) is 54.1 Å². The van der Waals surface area contributed by atoms with Crippen molar-refractivity contribution in [3.8, 4) is 5.75 Å². The molecule has 0 spiro atoms. The number of aliphatic hydroxyl groups is 1. The van der Waals surface area contributed by atoms with Crippen molar-refractivity contribution < 1.29 is 14.6 Å². The SMILES string of the molecule is C=CCN(CC(=O)N1CCc2sccc2[C@@H]1COc1ccc(C)cc1C)C[C@H](O)Cc1ccccc1. The number of thiophene rings is 1. The minimum Gasteiger partial charge on any atom is -0.491 e. The zero-order valence-electron chi connectivity index (χ0n) is 21.2. The van der Waals surface area contributed by atoms with Crippen molar-refractivity contribution in [2.75, 3.05) is 32.8 Å². The molecule has 0 bridgehead atoms. The Bertz CT molecular complexity index is 1160. The molecule has 1 amide bonds. The zero-order chi connectivity index (χ0) is 25.5. The lowest BCUT2D eigenvalue weighted by Crippen LogP contribution is -2.48. The molecule has 2 atom stereocenters. The number of benzene rings is 2. The molecule has 0 fully saturated rings. The second-order valence-corrected chi connectivity index (χ2v) is 10.6. The molecule has 4 rings (SSSR count). The molecule has 1 aromatic heterocycles. The number of carbonyl (C=O) groups excluding carboxylic acids is 1. The number of carbonyl (C=O) groups is 1. The molecule has 36 heavy (non-hydrogen) atoms. The molecule has 0 saturated carbocycles. The van der Waals surface area contributed by atoms with Gasteiger partial charge in [0.2, 0.25) is 5.91 Å². The maximum Gasteiger partial charge on any atom is 0.237 e. The van der Waals surface area contributed by atoms with Crippen LogP contribution in [0.3, 0.4) is 0 Å². The first-order chi connectivity index (χ1) is 17.4. The highest BCUT2D eigenvalue weighted by atomic mass is 32.1. The van der Waals surface area contributed by atoms with E-state index in [1.54, 1.807) is 17.4 Å². The van der Waals surface area contributed by atoms with Gasteiger partial charge in [0.05, 0.1) is 18.7 Å². The van der Waals surface area contributed by atoms with Crippen LogP contribution in [0.4, 0.5) is 0 Å². The lowest BCUT2D eigenvalue weighted by molar-refractivity contribution is -0.136. The molecule has 5 nitrogen and oxygen atoms in total. The van der Waals surface area contributed by atoms with Gasteiger partial charge in [-0.3, -0.25) is 9.69 Å². The van der Waals surface area contributed by atoms with Crippen molar-refractivity contribution >= 4 is 17.2 Å². The van der Waals surface area contributed by atoms with Crippen LogP contribution < -0.4 is 4.74 Å². The van der Waals surface area contributed by atoms with Gasteiger partial charge in [-0.15, -0.1) is 17.9 Å². The number of hydrogen-bond acceptors (Lipinski definition) is 5. The van der Waals surface area contributed by atoms with Gasteiger partial charge in [0.25, 0.3) is 0 Å². The molecule has 2 aromatic carbocycles. The van der Waals surface area contributed by atoms with E-state index in [0.717, 1.165) is 23.3 Å². The fourth-order valence-corrected chi connectivity index (χ4v) is 5.85. The van der Waals surface area contributed by atoms with E-state index >= 15 is 0 Å². The van der Waals surface area contributed by atoms with E-state index in [-0.39, 0.29) is 18.5 Å². The Morgan fingerprint density at radius 2 is 2.06 bits per heavy atom. The number of amides is 1. The predicted molar refractivity (Wildman–Crippen MR) is 147 cm³/mol. The highest BCUT2D eigenvalue weighted by Gasteiger charge is 2.33. The van der Waals surface area contributed by atoms with Gasteiger partial charge in [0, 0.05) is 24.5 Å². The summed E-state index contributed by atoms with van der Waals surface area (Å²) < 4.78 is 6.26. The van der Waals surface area contributed by atoms with Gasteiger partial charge in [0.1, 0.15) is 12.4 Å². The van der Waals surface area contributed by atoms with E-state index in [1.807, 2.05) is 46.2 Å².